The molecule has 0 aromatic heterocycles. The van der Waals surface area contributed by atoms with Gasteiger partial charge in [-0.3, -0.25) is 14.4 Å². The van der Waals surface area contributed by atoms with Crippen molar-refractivity contribution in [2.45, 2.75) is 341 Å². The Bertz CT molecular complexity index is 1560. The van der Waals surface area contributed by atoms with Gasteiger partial charge in [-0.2, -0.15) is 0 Å². The molecule has 460 valence electrons. The van der Waals surface area contributed by atoms with Gasteiger partial charge in [0.05, 0.1) is 0 Å². The summed E-state index contributed by atoms with van der Waals surface area (Å²) in [6, 6.07) is 0. The third-order valence-corrected chi connectivity index (χ3v) is 14.8. The first-order chi connectivity index (χ1) is 39.5. The monoisotopic (exact) mass is 1110 g/mol. The van der Waals surface area contributed by atoms with Gasteiger partial charge in [-0.25, -0.2) is 0 Å². The van der Waals surface area contributed by atoms with Crippen LogP contribution in [0.15, 0.2) is 97.2 Å². The van der Waals surface area contributed by atoms with Gasteiger partial charge in [-0.15, -0.1) is 0 Å². The molecule has 6 heteroatoms. The van der Waals surface area contributed by atoms with Crippen LogP contribution in [0.25, 0.3) is 0 Å². The first-order valence-electron chi connectivity index (χ1n) is 34.2. The number of rotatable bonds is 62. The van der Waals surface area contributed by atoms with Crippen LogP contribution in [-0.2, 0) is 28.6 Å². The molecule has 0 radical (unpaired) electrons. The van der Waals surface area contributed by atoms with Gasteiger partial charge in [0, 0.05) is 19.3 Å². The lowest BCUT2D eigenvalue weighted by molar-refractivity contribution is -0.167. The van der Waals surface area contributed by atoms with E-state index in [9.17, 15) is 14.4 Å². The van der Waals surface area contributed by atoms with E-state index in [1.54, 1.807) is 0 Å². The number of ether oxygens (including phenoxy) is 3. The molecule has 0 spiro atoms. The zero-order chi connectivity index (χ0) is 57.8. The Hall–Kier alpha value is -3.67. The van der Waals surface area contributed by atoms with Gasteiger partial charge in [0.15, 0.2) is 6.10 Å². The van der Waals surface area contributed by atoms with Crippen LogP contribution in [0, 0.1) is 0 Å². The number of carbonyl (C=O) groups excluding carboxylic acids is 3. The lowest BCUT2D eigenvalue weighted by Gasteiger charge is -2.18. The van der Waals surface area contributed by atoms with Crippen LogP contribution in [0.3, 0.4) is 0 Å². The van der Waals surface area contributed by atoms with Crippen molar-refractivity contribution in [3.05, 3.63) is 97.2 Å². The fourth-order valence-electron chi connectivity index (χ4n) is 9.71. The summed E-state index contributed by atoms with van der Waals surface area (Å²) in [6.07, 6.45) is 91.3. The largest absolute Gasteiger partial charge is 0.462 e. The molecule has 0 fully saturated rings. The second kappa shape index (κ2) is 67.8. The minimum Gasteiger partial charge on any atom is -0.462 e. The van der Waals surface area contributed by atoms with E-state index in [-0.39, 0.29) is 31.1 Å². The normalized spacial score (nSPS) is 12.7. The number of esters is 3. The molecule has 1 atom stereocenters. The summed E-state index contributed by atoms with van der Waals surface area (Å²) in [7, 11) is 0. The van der Waals surface area contributed by atoms with Crippen molar-refractivity contribution in [3.8, 4) is 0 Å². The average molecular weight is 1110 g/mol. The minimum absolute atomic E-state index is 0.0819. The first kappa shape index (κ1) is 76.3. The van der Waals surface area contributed by atoms with E-state index < -0.39 is 6.10 Å². The number of allylic oxidation sites excluding steroid dienone is 16. The van der Waals surface area contributed by atoms with E-state index in [1.807, 2.05) is 0 Å². The van der Waals surface area contributed by atoms with Crippen LogP contribution in [-0.4, -0.2) is 37.2 Å². The molecule has 0 saturated heterocycles. The van der Waals surface area contributed by atoms with E-state index in [0.29, 0.717) is 19.3 Å². The maximum absolute atomic E-state index is 12.9. The second-order valence-corrected chi connectivity index (χ2v) is 22.7. The molecule has 1 unspecified atom stereocenters. The minimum atomic E-state index is -0.788. The molecule has 0 saturated carbocycles. The Morgan fingerprint density at radius 3 is 0.762 bits per heavy atom. The highest BCUT2D eigenvalue weighted by Gasteiger charge is 2.19. The summed E-state index contributed by atoms with van der Waals surface area (Å²) in [6.45, 7) is 6.54. The Kier molecular flexibility index (Phi) is 64.7. The molecular formula is C74H128O6. The van der Waals surface area contributed by atoms with Crippen molar-refractivity contribution in [2.24, 2.45) is 0 Å². The van der Waals surface area contributed by atoms with E-state index in [2.05, 4.69) is 118 Å². The van der Waals surface area contributed by atoms with Crippen LogP contribution in [0.5, 0.6) is 0 Å². The molecule has 0 aromatic carbocycles. The number of unbranched alkanes of at least 4 members (excludes halogenated alkanes) is 35. The van der Waals surface area contributed by atoms with Crippen molar-refractivity contribution >= 4 is 17.9 Å². The molecule has 0 heterocycles. The van der Waals surface area contributed by atoms with E-state index in [4.69, 9.17) is 14.2 Å². The van der Waals surface area contributed by atoms with Crippen LogP contribution in [0.1, 0.15) is 335 Å². The van der Waals surface area contributed by atoms with Crippen molar-refractivity contribution in [1.29, 1.82) is 0 Å². The van der Waals surface area contributed by atoms with Gasteiger partial charge in [0.25, 0.3) is 0 Å². The number of hydrogen-bond donors (Lipinski definition) is 0. The summed E-state index contributed by atoms with van der Waals surface area (Å²) in [5.41, 5.74) is 0. The fourth-order valence-corrected chi connectivity index (χ4v) is 9.71. The van der Waals surface area contributed by atoms with Gasteiger partial charge in [-0.05, 0) is 103 Å². The second-order valence-electron chi connectivity index (χ2n) is 22.7. The van der Waals surface area contributed by atoms with Crippen LogP contribution in [0.2, 0.25) is 0 Å². The fraction of sp³-hybridized carbons (Fsp3) is 0.743. The summed E-state index contributed by atoms with van der Waals surface area (Å²) >= 11 is 0. The Morgan fingerprint density at radius 2 is 0.487 bits per heavy atom. The van der Waals surface area contributed by atoms with Crippen molar-refractivity contribution in [2.75, 3.05) is 13.2 Å². The molecule has 0 N–H and O–H groups in total. The summed E-state index contributed by atoms with van der Waals surface area (Å²) < 4.78 is 17.0. The lowest BCUT2D eigenvalue weighted by atomic mass is 10.0. The molecule has 0 amide bonds. The maximum Gasteiger partial charge on any atom is 0.306 e. The Labute approximate surface area is 496 Å². The first-order valence-corrected chi connectivity index (χ1v) is 34.2. The SMILES string of the molecule is CC/C=C\C/C=C\C/C=C\C/C=C\C/C=C\CCCCCCCCCCCC(=O)OCC(COC(=O)CCCCCCCCCCCCCCCCCC)OC(=O)CCCCCCCC/C=C\C/C=C\C/C=C\CCCCCCC. The third-order valence-electron chi connectivity index (χ3n) is 14.8. The summed E-state index contributed by atoms with van der Waals surface area (Å²) in [5, 5.41) is 0. The number of hydrogen-bond acceptors (Lipinski definition) is 6. The molecule has 0 rings (SSSR count). The Morgan fingerprint density at radius 1 is 0.263 bits per heavy atom. The van der Waals surface area contributed by atoms with Gasteiger partial charge in [-0.1, -0.05) is 311 Å². The predicted molar refractivity (Wildman–Crippen MR) is 348 cm³/mol. The molecule has 0 bridgehead atoms. The molecule has 0 aliphatic heterocycles. The highest BCUT2D eigenvalue weighted by Crippen LogP contribution is 2.17. The Balaban J connectivity index is 4.39. The molecular weight excluding hydrogens is 985 g/mol. The van der Waals surface area contributed by atoms with E-state index >= 15 is 0 Å². The molecule has 0 aliphatic rings. The lowest BCUT2D eigenvalue weighted by Crippen LogP contribution is -2.30. The van der Waals surface area contributed by atoms with Gasteiger partial charge in [0.1, 0.15) is 13.2 Å². The van der Waals surface area contributed by atoms with Gasteiger partial charge in [0.2, 0.25) is 0 Å². The van der Waals surface area contributed by atoms with Crippen molar-refractivity contribution < 1.29 is 28.6 Å². The van der Waals surface area contributed by atoms with Crippen molar-refractivity contribution in [3.63, 3.8) is 0 Å². The topological polar surface area (TPSA) is 78.9 Å². The van der Waals surface area contributed by atoms with Gasteiger partial charge < -0.3 is 14.2 Å². The smallest absolute Gasteiger partial charge is 0.306 e. The van der Waals surface area contributed by atoms with Crippen molar-refractivity contribution in [1.82, 2.24) is 0 Å². The molecule has 80 heavy (non-hydrogen) atoms. The summed E-state index contributed by atoms with van der Waals surface area (Å²) in [5.74, 6) is -0.885. The third kappa shape index (κ3) is 65.1. The average Bonchev–Trinajstić information content (AvgIpc) is 3.46. The molecule has 6 nitrogen and oxygen atoms in total. The molecule has 0 aromatic rings. The van der Waals surface area contributed by atoms with Crippen LogP contribution < -0.4 is 0 Å². The zero-order valence-electron chi connectivity index (χ0n) is 52.8. The quantitative estimate of drug-likeness (QED) is 0.0261. The van der Waals surface area contributed by atoms with Crippen LogP contribution in [0.4, 0.5) is 0 Å². The summed E-state index contributed by atoms with van der Waals surface area (Å²) in [4.78, 5) is 38.4. The highest BCUT2D eigenvalue weighted by molar-refractivity contribution is 5.71. The molecule has 0 aliphatic carbocycles. The standard InChI is InChI=1S/C74H128O6/c1-4-7-10-13-16-19-22-25-28-31-33-35-36-37-38-40-41-43-46-49-52-55-58-61-64-67-73(76)79-70-71(69-78-72(75)66-63-60-57-54-51-48-45-30-27-24-21-18-15-12-9-6-3)80-74(77)68-65-62-59-56-53-50-47-44-42-39-34-32-29-26-23-20-17-14-11-8-5-2/h7,10,16,19,23,25-26,28,32-35,37-38,42,44,71H,4-6,8-9,11-15,17-18,20-22,24,27,29-31,36,39-41,43,45-70H2,1-3H3/b10-7-,19-16-,26-23-,28-25-,34-32-,35-33-,38-37-,44-42-. The van der Waals surface area contributed by atoms with Crippen LogP contribution >= 0.6 is 0 Å². The zero-order valence-corrected chi connectivity index (χ0v) is 52.8. The van der Waals surface area contributed by atoms with E-state index in [0.717, 1.165) is 122 Å². The number of carbonyl (C=O) groups is 3. The predicted octanol–water partition coefficient (Wildman–Crippen LogP) is 23.6. The maximum atomic E-state index is 12.9. The van der Waals surface area contributed by atoms with E-state index in [1.165, 1.54) is 173 Å². The highest BCUT2D eigenvalue weighted by atomic mass is 16.6. The van der Waals surface area contributed by atoms with Gasteiger partial charge >= 0.3 is 17.9 Å².